The summed E-state index contributed by atoms with van der Waals surface area (Å²) in [5.74, 6) is 1.82. The van der Waals surface area contributed by atoms with Crippen LogP contribution in [0, 0.1) is 12.8 Å². The molecule has 6 nitrogen and oxygen atoms in total. The van der Waals surface area contributed by atoms with Crippen molar-refractivity contribution in [1.29, 1.82) is 0 Å². The minimum Gasteiger partial charge on any atom is -0.489 e. The zero-order chi connectivity index (χ0) is 25.5. The molecule has 188 valence electrons. The van der Waals surface area contributed by atoms with Crippen LogP contribution in [-0.2, 0) is 17.9 Å². The molecule has 0 bridgehead atoms. The SMILES string of the molecule is Cc1ccccc1-c1ccc(N2CCC(C(=O)NCc3ccc(OCc4ccccc4)cc3)CC2)nn1. The minimum atomic E-state index is 0.0175. The van der Waals surface area contributed by atoms with Crippen LogP contribution in [0.1, 0.15) is 29.5 Å². The number of benzene rings is 3. The molecule has 0 saturated carbocycles. The predicted octanol–water partition coefficient (Wildman–Crippen LogP) is 5.56. The van der Waals surface area contributed by atoms with Gasteiger partial charge in [-0.2, -0.15) is 0 Å². The maximum atomic E-state index is 12.8. The van der Waals surface area contributed by atoms with Gasteiger partial charge < -0.3 is 15.0 Å². The van der Waals surface area contributed by atoms with Crippen LogP contribution in [0.5, 0.6) is 5.75 Å². The van der Waals surface area contributed by atoms with E-state index in [9.17, 15) is 4.79 Å². The summed E-state index contributed by atoms with van der Waals surface area (Å²) in [6, 6.07) is 30.3. The fraction of sp³-hybridized carbons (Fsp3) is 0.258. The first-order valence-electron chi connectivity index (χ1n) is 12.8. The van der Waals surface area contributed by atoms with Gasteiger partial charge in [0.05, 0.1) is 5.69 Å². The number of nitrogens with one attached hydrogen (secondary N) is 1. The highest BCUT2D eigenvalue weighted by Gasteiger charge is 2.25. The number of aryl methyl sites for hydroxylation is 1. The minimum absolute atomic E-state index is 0.0175. The molecule has 1 aliphatic rings. The van der Waals surface area contributed by atoms with Crippen LogP contribution in [0.4, 0.5) is 5.82 Å². The van der Waals surface area contributed by atoms with Crippen molar-refractivity contribution in [1.82, 2.24) is 15.5 Å². The Hall–Kier alpha value is -4.19. The molecule has 6 heteroatoms. The summed E-state index contributed by atoms with van der Waals surface area (Å²) in [6.45, 7) is 4.73. The van der Waals surface area contributed by atoms with Gasteiger partial charge in [-0.25, -0.2) is 0 Å². The normalized spacial score (nSPS) is 13.8. The van der Waals surface area contributed by atoms with E-state index in [4.69, 9.17) is 4.74 Å². The predicted molar refractivity (Wildman–Crippen MR) is 146 cm³/mol. The molecule has 2 heterocycles. The van der Waals surface area contributed by atoms with E-state index in [0.29, 0.717) is 13.2 Å². The van der Waals surface area contributed by atoms with Crippen molar-refractivity contribution in [3.63, 3.8) is 0 Å². The fourth-order valence-electron chi connectivity index (χ4n) is 4.65. The summed E-state index contributed by atoms with van der Waals surface area (Å²) in [7, 11) is 0. The van der Waals surface area contributed by atoms with Gasteiger partial charge in [-0.3, -0.25) is 4.79 Å². The number of piperidine rings is 1. The van der Waals surface area contributed by atoms with Crippen LogP contribution in [0.3, 0.4) is 0 Å². The molecule has 0 unspecified atom stereocenters. The Labute approximate surface area is 218 Å². The van der Waals surface area contributed by atoms with Gasteiger partial charge in [0, 0.05) is 31.1 Å². The summed E-state index contributed by atoms with van der Waals surface area (Å²) in [4.78, 5) is 15.0. The van der Waals surface area contributed by atoms with E-state index < -0.39 is 0 Å². The molecule has 5 rings (SSSR count). The zero-order valence-corrected chi connectivity index (χ0v) is 21.1. The van der Waals surface area contributed by atoms with Crippen molar-refractivity contribution in [3.05, 3.63) is 108 Å². The second-order valence-corrected chi connectivity index (χ2v) is 9.49. The molecule has 1 N–H and O–H groups in total. The van der Waals surface area contributed by atoms with Crippen molar-refractivity contribution in [2.75, 3.05) is 18.0 Å². The lowest BCUT2D eigenvalue weighted by Crippen LogP contribution is -2.40. The van der Waals surface area contributed by atoms with Gasteiger partial charge in [0.25, 0.3) is 0 Å². The second kappa shape index (κ2) is 11.7. The highest BCUT2D eigenvalue weighted by atomic mass is 16.5. The number of nitrogens with zero attached hydrogens (tertiary/aromatic N) is 3. The van der Waals surface area contributed by atoms with Crippen LogP contribution in [-0.4, -0.2) is 29.2 Å². The molecule has 0 atom stereocenters. The van der Waals surface area contributed by atoms with E-state index in [1.54, 1.807) is 0 Å². The van der Waals surface area contributed by atoms with Gasteiger partial charge in [-0.15, -0.1) is 10.2 Å². The Bertz CT molecular complexity index is 1300. The number of anilines is 1. The average Bonchev–Trinajstić information content (AvgIpc) is 2.96. The number of hydrogen-bond acceptors (Lipinski definition) is 5. The van der Waals surface area contributed by atoms with Gasteiger partial charge in [0.15, 0.2) is 5.82 Å². The summed E-state index contributed by atoms with van der Waals surface area (Å²) in [5.41, 5.74) is 5.36. The van der Waals surface area contributed by atoms with E-state index in [-0.39, 0.29) is 11.8 Å². The van der Waals surface area contributed by atoms with Gasteiger partial charge in [0.1, 0.15) is 12.4 Å². The lowest BCUT2D eigenvalue weighted by atomic mass is 9.95. The standard InChI is InChI=1S/C31H32N4O2/c1-23-7-5-6-10-28(23)29-15-16-30(34-33-29)35-19-17-26(18-20-35)31(36)32-21-24-11-13-27(14-12-24)37-22-25-8-3-2-4-9-25/h2-16,26H,17-22H2,1H3,(H,32,36). The molecule has 0 spiro atoms. The number of carbonyl (C=O) groups is 1. The maximum Gasteiger partial charge on any atom is 0.223 e. The number of hydrogen-bond donors (Lipinski definition) is 1. The first kappa shape index (κ1) is 24.5. The largest absolute Gasteiger partial charge is 0.489 e. The Morgan fingerprint density at radius 3 is 2.30 bits per heavy atom. The molecule has 1 fully saturated rings. The van der Waals surface area contributed by atoms with Crippen molar-refractivity contribution < 1.29 is 9.53 Å². The molecular formula is C31H32N4O2. The lowest BCUT2D eigenvalue weighted by molar-refractivity contribution is -0.125. The van der Waals surface area contributed by atoms with Crippen molar-refractivity contribution in [3.8, 4) is 17.0 Å². The average molecular weight is 493 g/mol. The molecule has 4 aromatic rings. The van der Waals surface area contributed by atoms with Crippen molar-refractivity contribution >= 4 is 11.7 Å². The van der Waals surface area contributed by atoms with Crippen LogP contribution < -0.4 is 15.0 Å². The lowest BCUT2D eigenvalue weighted by Gasteiger charge is -2.31. The third-order valence-corrected chi connectivity index (χ3v) is 6.90. The van der Waals surface area contributed by atoms with Crippen LogP contribution in [0.25, 0.3) is 11.3 Å². The Morgan fingerprint density at radius 1 is 0.865 bits per heavy atom. The quantitative estimate of drug-likeness (QED) is 0.349. The highest BCUT2D eigenvalue weighted by Crippen LogP contribution is 2.25. The second-order valence-electron chi connectivity index (χ2n) is 9.49. The molecule has 1 aromatic heterocycles. The fourth-order valence-corrected chi connectivity index (χ4v) is 4.65. The van der Waals surface area contributed by atoms with Gasteiger partial charge in [-0.1, -0.05) is 66.7 Å². The first-order chi connectivity index (χ1) is 18.2. The molecule has 0 aliphatic carbocycles. The molecular weight excluding hydrogens is 460 g/mol. The molecule has 1 aliphatic heterocycles. The number of aromatic nitrogens is 2. The van der Waals surface area contributed by atoms with E-state index in [1.807, 2.05) is 78.9 Å². The van der Waals surface area contributed by atoms with Gasteiger partial charge in [-0.05, 0) is 60.7 Å². The number of amides is 1. The molecule has 37 heavy (non-hydrogen) atoms. The summed E-state index contributed by atoms with van der Waals surface area (Å²) < 4.78 is 5.85. The first-order valence-corrected chi connectivity index (χ1v) is 12.8. The highest BCUT2D eigenvalue weighted by molar-refractivity contribution is 5.79. The van der Waals surface area contributed by atoms with E-state index in [2.05, 4.69) is 39.5 Å². The third kappa shape index (κ3) is 6.33. The van der Waals surface area contributed by atoms with Crippen LogP contribution >= 0.6 is 0 Å². The third-order valence-electron chi connectivity index (χ3n) is 6.90. The van der Waals surface area contributed by atoms with Gasteiger partial charge in [0.2, 0.25) is 5.91 Å². The summed E-state index contributed by atoms with van der Waals surface area (Å²) >= 11 is 0. The Balaban J connectivity index is 1.07. The van der Waals surface area contributed by atoms with Crippen molar-refractivity contribution in [2.45, 2.75) is 32.9 Å². The summed E-state index contributed by atoms with van der Waals surface area (Å²) in [6.07, 6.45) is 1.61. The topological polar surface area (TPSA) is 67.4 Å². The Kier molecular flexibility index (Phi) is 7.75. The summed E-state index contributed by atoms with van der Waals surface area (Å²) in [5, 5.41) is 12.0. The molecule has 0 radical (unpaired) electrons. The van der Waals surface area contributed by atoms with E-state index in [0.717, 1.165) is 59.9 Å². The van der Waals surface area contributed by atoms with Crippen LogP contribution in [0.2, 0.25) is 0 Å². The monoisotopic (exact) mass is 492 g/mol. The molecule has 3 aromatic carbocycles. The van der Waals surface area contributed by atoms with E-state index >= 15 is 0 Å². The maximum absolute atomic E-state index is 12.8. The smallest absolute Gasteiger partial charge is 0.223 e. The number of carbonyl (C=O) groups excluding carboxylic acids is 1. The van der Waals surface area contributed by atoms with Gasteiger partial charge >= 0.3 is 0 Å². The zero-order valence-electron chi connectivity index (χ0n) is 21.1. The molecule has 1 saturated heterocycles. The number of rotatable bonds is 8. The Morgan fingerprint density at radius 2 is 1.59 bits per heavy atom. The van der Waals surface area contributed by atoms with Crippen molar-refractivity contribution in [2.24, 2.45) is 5.92 Å². The number of ether oxygens (including phenoxy) is 1. The van der Waals surface area contributed by atoms with E-state index in [1.165, 1.54) is 5.56 Å². The molecule has 1 amide bonds. The van der Waals surface area contributed by atoms with Crippen LogP contribution in [0.15, 0.2) is 91.0 Å².